The number of hydrogen-bond donors (Lipinski definition) is 1. The molecule has 0 unspecified atom stereocenters. The van der Waals surface area contributed by atoms with Gasteiger partial charge in [-0.05, 0) is 71.8 Å². The Hall–Kier alpha value is -2.87. The van der Waals surface area contributed by atoms with E-state index < -0.39 is 6.04 Å². The van der Waals surface area contributed by atoms with E-state index in [1.807, 2.05) is 92.7 Å². The van der Waals surface area contributed by atoms with Gasteiger partial charge in [0.25, 0.3) is 5.91 Å². The molecule has 2 amide bonds. The summed E-state index contributed by atoms with van der Waals surface area (Å²) in [7, 11) is 0. The number of likely N-dealkylation sites (N-methyl/N-ethyl adjacent to an activating group) is 1. The Morgan fingerprint density at radius 3 is 2.24 bits per heavy atom. The Morgan fingerprint density at radius 1 is 0.939 bits per heavy atom. The highest BCUT2D eigenvalue weighted by atomic mass is 127. The zero-order valence-electron chi connectivity index (χ0n) is 19.0. The minimum absolute atomic E-state index is 0.142. The highest BCUT2D eigenvalue weighted by Gasteiger charge is 2.30. The van der Waals surface area contributed by atoms with Crippen LogP contribution in [0.25, 0.3) is 0 Å². The van der Waals surface area contributed by atoms with Gasteiger partial charge in [-0.15, -0.1) is 0 Å². The predicted octanol–water partition coefficient (Wildman–Crippen LogP) is 4.75. The van der Waals surface area contributed by atoms with Crippen LogP contribution in [0.4, 0.5) is 0 Å². The first-order valence-electron chi connectivity index (χ1n) is 11.0. The molecule has 33 heavy (non-hydrogen) atoms. The maximum Gasteiger partial charge on any atom is 0.261 e. The van der Waals surface area contributed by atoms with Gasteiger partial charge in [0, 0.05) is 23.1 Å². The van der Waals surface area contributed by atoms with Crippen LogP contribution in [0, 0.1) is 10.5 Å². The molecule has 0 aliphatic heterocycles. The summed E-state index contributed by atoms with van der Waals surface area (Å²) in [5.41, 5.74) is 3.10. The third-order valence-corrected chi connectivity index (χ3v) is 5.99. The van der Waals surface area contributed by atoms with Gasteiger partial charge in [-0.25, -0.2) is 0 Å². The van der Waals surface area contributed by atoms with E-state index in [-0.39, 0.29) is 18.4 Å². The molecule has 0 spiro atoms. The van der Waals surface area contributed by atoms with Gasteiger partial charge < -0.3 is 15.0 Å². The summed E-state index contributed by atoms with van der Waals surface area (Å²) in [4.78, 5) is 28.2. The molecule has 0 saturated carbocycles. The minimum Gasteiger partial charge on any atom is -0.484 e. The molecular weight excluding hydrogens is 527 g/mol. The Balaban J connectivity index is 1.87. The Labute approximate surface area is 209 Å². The quantitative estimate of drug-likeness (QED) is 0.367. The second-order valence-electron chi connectivity index (χ2n) is 7.85. The van der Waals surface area contributed by atoms with Crippen LogP contribution < -0.4 is 10.1 Å². The largest absolute Gasteiger partial charge is 0.484 e. The van der Waals surface area contributed by atoms with E-state index in [1.54, 1.807) is 4.90 Å². The van der Waals surface area contributed by atoms with Crippen molar-refractivity contribution in [2.45, 2.75) is 32.9 Å². The van der Waals surface area contributed by atoms with Gasteiger partial charge in [0.15, 0.2) is 6.61 Å². The Kier molecular flexibility index (Phi) is 9.30. The van der Waals surface area contributed by atoms with Crippen molar-refractivity contribution in [3.63, 3.8) is 0 Å². The normalized spacial score (nSPS) is 11.5. The number of rotatable bonds is 10. The summed E-state index contributed by atoms with van der Waals surface area (Å²) in [6.45, 7) is 4.58. The molecule has 3 rings (SSSR count). The molecule has 3 aromatic rings. The van der Waals surface area contributed by atoms with Crippen LogP contribution in [-0.2, 0) is 22.6 Å². The van der Waals surface area contributed by atoms with Crippen LogP contribution in [0.2, 0.25) is 0 Å². The molecule has 0 bridgehead atoms. The van der Waals surface area contributed by atoms with E-state index in [2.05, 4.69) is 27.9 Å². The van der Waals surface area contributed by atoms with Gasteiger partial charge in [-0.1, -0.05) is 60.2 Å². The van der Waals surface area contributed by atoms with Gasteiger partial charge >= 0.3 is 0 Å². The standard InChI is InChI=1S/C27H29IN2O3/c1-3-29-27(32)25(17-21-7-5-4-6-8-21)30(18-22-11-9-20(2)10-12-22)26(31)19-33-24-15-13-23(28)14-16-24/h4-16,25H,3,17-19H2,1-2H3,(H,29,32)/t25-/m0/s1. The fraction of sp³-hybridized carbons (Fsp3) is 0.259. The predicted molar refractivity (Wildman–Crippen MR) is 139 cm³/mol. The zero-order valence-corrected chi connectivity index (χ0v) is 21.1. The smallest absolute Gasteiger partial charge is 0.261 e. The number of ether oxygens (including phenoxy) is 1. The minimum atomic E-state index is -0.651. The number of aryl methyl sites for hydroxylation is 1. The van der Waals surface area contributed by atoms with Gasteiger partial charge in [0.05, 0.1) is 0 Å². The fourth-order valence-corrected chi connectivity index (χ4v) is 3.85. The van der Waals surface area contributed by atoms with E-state index >= 15 is 0 Å². The first kappa shape index (κ1) is 24.8. The molecule has 0 aliphatic rings. The number of nitrogens with one attached hydrogen (secondary N) is 1. The molecule has 1 atom stereocenters. The van der Waals surface area contributed by atoms with Crippen LogP contribution in [0.1, 0.15) is 23.6 Å². The monoisotopic (exact) mass is 556 g/mol. The summed E-state index contributed by atoms with van der Waals surface area (Å²) in [5.74, 6) is 0.217. The molecule has 0 heterocycles. The van der Waals surface area contributed by atoms with Crippen LogP contribution in [0.5, 0.6) is 5.75 Å². The zero-order chi connectivity index (χ0) is 23.6. The number of amides is 2. The third-order valence-electron chi connectivity index (χ3n) is 5.27. The average Bonchev–Trinajstić information content (AvgIpc) is 2.82. The maximum atomic E-state index is 13.4. The lowest BCUT2D eigenvalue weighted by molar-refractivity contribution is -0.142. The number of hydrogen-bond acceptors (Lipinski definition) is 3. The summed E-state index contributed by atoms with van der Waals surface area (Å²) < 4.78 is 6.86. The van der Waals surface area contributed by atoms with E-state index in [9.17, 15) is 9.59 Å². The van der Waals surface area contributed by atoms with Gasteiger partial charge in [-0.3, -0.25) is 9.59 Å². The topological polar surface area (TPSA) is 58.6 Å². The first-order valence-corrected chi connectivity index (χ1v) is 12.1. The molecule has 0 radical (unpaired) electrons. The van der Waals surface area contributed by atoms with Crippen molar-refractivity contribution in [3.05, 3.63) is 99.1 Å². The number of carbonyl (C=O) groups excluding carboxylic acids is 2. The highest BCUT2D eigenvalue weighted by molar-refractivity contribution is 14.1. The van der Waals surface area contributed by atoms with Crippen LogP contribution >= 0.6 is 22.6 Å². The molecule has 1 N–H and O–H groups in total. The Morgan fingerprint density at radius 2 is 1.61 bits per heavy atom. The van der Waals surface area contributed by atoms with Gasteiger partial charge in [0.2, 0.25) is 5.91 Å². The molecule has 0 aliphatic carbocycles. The molecule has 172 valence electrons. The molecule has 3 aromatic carbocycles. The highest BCUT2D eigenvalue weighted by Crippen LogP contribution is 2.17. The van der Waals surface area contributed by atoms with E-state index in [4.69, 9.17) is 4.74 Å². The molecule has 5 nitrogen and oxygen atoms in total. The van der Waals surface area contributed by atoms with Crippen molar-refractivity contribution in [1.82, 2.24) is 10.2 Å². The average molecular weight is 556 g/mol. The van der Waals surface area contributed by atoms with Gasteiger partial charge in [0.1, 0.15) is 11.8 Å². The lowest BCUT2D eigenvalue weighted by atomic mass is 10.0. The lowest BCUT2D eigenvalue weighted by Crippen LogP contribution is -2.51. The fourth-order valence-electron chi connectivity index (χ4n) is 3.49. The van der Waals surface area contributed by atoms with Crippen LogP contribution in [-0.4, -0.2) is 35.9 Å². The van der Waals surface area contributed by atoms with Crippen LogP contribution in [0.15, 0.2) is 78.9 Å². The molecular formula is C27H29IN2O3. The molecule has 0 saturated heterocycles. The number of benzene rings is 3. The SMILES string of the molecule is CCNC(=O)[C@H](Cc1ccccc1)N(Cc1ccc(C)cc1)C(=O)COc1ccc(I)cc1. The summed E-state index contributed by atoms with van der Waals surface area (Å²) in [5, 5.41) is 2.90. The molecule has 0 fully saturated rings. The van der Waals surface area contributed by atoms with E-state index in [0.717, 1.165) is 20.3 Å². The second kappa shape index (κ2) is 12.4. The van der Waals surface area contributed by atoms with Crippen molar-refractivity contribution < 1.29 is 14.3 Å². The van der Waals surface area contributed by atoms with E-state index in [1.165, 1.54) is 0 Å². The third kappa shape index (κ3) is 7.60. The number of halogens is 1. The molecule has 0 aromatic heterocycles. The maximum absolute atomic E-state index is 13.4. The van der Waals surface area contributed by atoms with Crippen LogP contribution in [0.3, 0.4) is 0 Å². The van der Waals surface area contributed by atoms with E-state index in [0.29, 0.717) is 25.3 Å². The van der Waals surface area contributed by atoms with Crippen molar-refractivity contribution >= 4 is 34.4 Å². The number of nitrogens with zero attached hydrogens (tertiary/aromatic N) is 1. The van der Waals surface area contributed by atoms with Crippen molar-refractivity contribution in [2.24, 2.45) is 0 Å². The summed E-state index contributed by atoms with van der Waals surface area (Å²) in [6, 6.07) is 24.7. The second-order valence-corrected chi connectivity index (χ2v) is 9.10. The van der Waals surface area contributed by atoms with Crippen molar-refractivity contribution in [2.75, 3.05) is 13.2 Å². The van der Waals surface area contributed by atoms with Crippen molar-refractivity contribution in [1.29, 1.82) is 0 Å². The van der Waals surface area contributed by atoms with Gasteiger partial charge in [-0.2, -0.15) is 0 Å². The Bertz CT molecular complexity index is 1040. The summed E-state index contributed by atoms with van der Waals surface area (Å²) >= 11 is 2.22. The lowest BCUT2D eigenvalue weighted by Gasteiger charge is -2.31. The van der Waals surface area contributed by atoms with Crippen molar-refractivity contribution in [3.8, 4) is 5.75 Å². The first-order chi connectivity index (χ1) is 16.0. The summed E-state index contributed by atoms with van der Waals surface area (Å²) in [6.07, 6.45) is 0.424. The number of carbonyl (C=O) groups is 2. The molecule has 6 heteroatoms.